The molecule has 12 nitrogen and oxygen atoms in total. The van der Waals surface area contributed by atoms with E-state index in [2.05, 4.69) is 21.3 Å². The van der Waals surface area contributed by atoms with Gasteiger partial charge in [-0.2, -0.15) is 0 Å². The summed E-state index contributed by atoms with van der Waals surface area (Å²) >= 11 is 0. The van der Waals surface area contributed by atoms with Crippen LogP contribution in [0.15, 0.2) is 170 Å². The second-order valence-electron chi connectivity index (χ2n) is 19.1. The highest BCUT2D eigenvalue weighted by atomic mass is 16.6. The molecule has 0 saturated carbocycles. The maximum Gasteiger partial charge on any atom is 0.333 e. The maximum absolute atomic E-state index is 14.7. The molecule has 0 saturated heterocycles. The van der Waals surface area contributed by atoms with Gasteiger partial charge in [0.05, 0.1) is 11.1 Å². The Morgan fingerprint density at radius 3 is 1.10 bits per heavy atom. The third kappa shape index (κ3) is 12.9. The van der Waals surface area contributed by atoms with Gasteiger partial charge in [0.2, 0.25) is 11.8 Å². The van der Waals surface area contributed by atoms with Crippen LogP contribution in [0.5, 0.6) is 0 Å². The summed E-state index contributed by atoms with van der Waals surface area (Å²) in [4.78, 5) is 86.1. The topological polar surface area (TPSA) is 169 Å². The lowest BCUT2D eigenvalue weighted by atomic mass is 9.96. The number of amides is 4. The first kappa shape index (κ1) is 49.8. The summed E-state index contributed by atoms with van der Waals surface area (Å²) in [6.07, 6.45) is 0.0211. The molecule has 4 amide bonds. The lowest BCUT2D eigenvalue weighted by Crippen LogP contribution is -2.51. The van der Waals surface area contributed by atoms with E-state index in [1.54, 1.807) is 114 Å². The number of benzene rings is 7. The van der Waals surface area contributed by atoms with E-state index < -0.39 is 70.9 Å². The molecule has 7 aromatic rings. The SMILES string of the molecule is CC(C)(C)OC(=O)[C@@H](NC(=O)[C@H](Cc1cccc2ccccc12)NC(=O)c1ccccc1C(=O)N[C@@H](Cc1cccc2ccccc12)C(=O)N[C@H](C(=O)OC(C)(C)C)c1ccccc1)c1ccccc1. The molecular weight excluding hydrogens is 881 g/mol. The fourth-order valence-electron chi connectivity index (χ4n) is 8.21. The van der Waals surface area contributed by atoms with Crippen LogP contribution in [0, 0.1) is 0 Å². The van der Waals surface area contributed by atoms with Crippen LogP contribution in [-0.4, -0.2) is 58.9 Å². The maximum atomic E-state index is 14.7. The van der Waals surface area contributed by atoms with Crippen LogP contribution in [0.1, 0.15) is 96.6 Å². The van der Waals surface area contributed by atoms with Crippen molar-refractivity contribution in [3.05, 3.63) is 203 Å². The summed E-state index contributed by atoms with van der Waals surface area (Å²) in [5, 5.41) is 15.0. The number of hydrogen-bond donors (Lipinski definition) is 4. The van der Waals surface area contributed by atoms with E-state index in [0.29, 0.717) is 11.1 Å². The van der Waals surface area contributed by atoms with E-state index in [4.69, 9.17) is 9.47 Å². The molecule has 0 aromatic heterocycles. The number of carbonyl (C=O) groups is 6. The zero-order valence-electron chi connectivity index (χ0n) is 40.2. The molecule has 0 fully saturated rings. The first-order valence-corrected chi connectivity index (χ1v) is 23.2. The molecule has 7 rings (SSSR count). The largest absolute Gasteiger partial charge is 0.458 e. The van der Waals surface area contributed by atoms with Crippen molar-refractivity contribution < 1.29 is 38.2 Å². The number of fused-ring (bicyclic) bond motifs is 2. The molecule has 0 aliphatic rings. The van der Waals surface area contributed by atoms with Gasteiger partial charge in [-0.05, 0) is 97.5 Å². The van der Waals surface area contributed by atoms with Gasteiger partial charge in [-0.15, -0.1) is 0 Å². The predicted molar refractivity (Wildman–Crippen MR) is 271 cm³/mol. The van der Waals surface area contributed by atoms with E-state index in [1.165, 1.54) is 12.1 Å². The monoisotopic (exact) mass is 938 g/mol. The van der Waals surface area contributed by atoms with Gasteiger partial charge < -0.3 is 30.7 Å². The van der Waals surface area contributed by atoms with Crippen molar-refractivity contribution in [1.82, 2.24) is 21.3 Å². The van der Waals surface area contributed by atoms with Gasteiger partial charge in [-0.1, -0.05) is 158 Å². The van der Waals surface area contributed by atoms with Gasteiger partial charge in [0, 0.05) is 12.8 Å². The Morgan fingerprint density at radius 2 is 0.729 bits per heavy atom. The van der Waals surface area contributed by atoms with Crippen LogP contribution in [0.2, 0.25) is 0 Å². The Hall–Kier alpha value is -8.12. The molecule has 0 aliphatic carbocycles. The highest BCUT2D eigenvalue weighted by molar-refractivity contribution is 6.09. The lowest BCUT2D eigenvalue weighted by Gasteiger charge is -2.27. The van der Waals surface area contributed by atoms with Crippen LogP contribution < -0.4 is 21.3 Å². The first-order chi connectivity index (χ1) is 33.4. The zero-order valence-corrected chi connectivity index (χ0v) is 40.2. The molecule has 0 unspecified atom stereocenters. The minimum atomic E-state index is -1.27. The third-order valence-corrected chi connectivity index (χ3v) is 11.4. The second kappa shape index (κ2) is 21.9. The number of esters is 2. The highest BCUT2D eigenvalue weighted by Crippen LogP contribution is 2.25. The first-order valence-electron chi connectivity index (χ1n) is 23.2. The Balaban J connectivity index is 1.21. The quantitative estimate of drug-likeness (QED) is 0.0696. The van der Waals surface area contributed by atoms with E-state index in [0.717, 1.165) is 32.7 Å². The average Bonchev–Trinajstić information content (AvgIpc) is 3.33. The van der Waals surface area contributed by atoms with Crippen molar-refractivity contribution in [2.24, 2.45) is 0 Å². The van der Waals surface area contributed by atoms with Crippen LogP contribution in [0.25, 0.3) is 21.5 Å². The molecular formula is C58H58N4O8. The molecule has 4 N–H and O–H groups in total. The highest BCUT2D eigenvalue weighted by Gasteiger charge is 2.35. The summed E-state index contributed by atoms with van der Waals surface area (Å²) in [6.45, 7) is 10.4. The summed E-state index contributed by atoms with van der Waals surface area (Å²) in [5.41, 5.74) is 0.556. The number of carbonyl (C=O) groups excluding carboxylic acids is 6. The number of ether oxygens (including phenoxy) is 2. The summed E-state index contributed by atoms with van der Waals surface area (Å²) in [6, 6.07) is 45.2. The molecule has 70 heavy (non-hydrogen) atoms. The molecule has 358 valence electrons. The summed E-state index contributed by atoms with van der Waals surface area (Å²) < 4.78 is 11.5. The zero-order chi connectivity index (χ0) is 50.0. The number of rotatable bonds is 16. The van der Waals surface area contributed by atoms with E-state index in [1.807, 2.05) is 84.9 Å². The fraction of sp³-hybridized carbons (Fsp3) is 0.241. The van der Waals surface area contributed by atoms with Crippen LogP contribution >= 0.6 is 0 Å². The summed E-state index contributed by atoms with van der Waals surface area (Å²) in [5.74, 6) is -4.24. The molecule has 0 radical (unpaired) electrons. The molecule has 0 heterocycles. The molecule has 12 heteroatoms. The summed E-state index contributed by atoms with van der Waals surface area (Å²) in [7, 11) is 0. The minimum absolute atomic E-state index is 0.0105. The predicted octanol–water partition coefficient (Wildman–Crippen LogP) is 9.07. The van der Waals surface area contributed by atoms with Crippen LogP contribution in [0.3, 0.4) is 0 Å². The van der Waals surface area contributed by atoms with Gasteiger partial charge in [0.15, 0.2) is 12.1 Å². The molecule has 0 spiro atoms. The van der Waals surface area contributed by atoms with Crippen molar-refractivity contribution in [1.29, 1.82) is 0 Å². The van der Waals surface area contributed by atoms with Gasteiger partial charge in [-0.25, -0.2) is 9.59 Å². The Kier molecular flexibility index (Phi) is 15.6. The smallest absolute Gasteiger partial charge is 0.333 e. The van der Waals surface area contributed by atoms with Gasteiger partial charge >= 0.3 is 11.9 Å². The molecule has 4 atom stereocenters. The number of nitrogens with one attached hydrogen (secondary N) is 4. The van der Waals surface area contributed by atoms with Crippen molar-refractivity contribution >= 4 is 57.1 Å². The fourth-order valence-corrected chi connectivity index (χ4v) is 8.21. The van der Waals surface area contributed by atoms with Crippen LogP contribution in [-0.2, 0) is 41.5 Å². The Labute approximate surface area is 408 Å². The number of hydrogen-bond acceptors (Lipinski definition) is 8. The van der Waals surface area contributed by atoms with Crippen LogP contribution in [0.4, 0.5) is 0 Å². The van der Waals surface area contributed by atoms with Gasteiger partial charge in [0.1, 0.15) is 23.3 Å². The lowest BCUT2D eigenvalue weighted by molar-refractivity contribution is -0.159. The minimum Gasteiger partial charge on any atom is -0.458 e. The van der Waals surface area contributed by atoms with E-state index >= 15 is 0 Å². The second-order valence-corrected chi connectivity index (χ2v) is 19.1. The normalized spacial score (nSPS) is 13.2. The van der Waals surface area contributed by atoms with Gasteiger partial charge in [0.25, 0.3) is 11.8 Å². The van der Waals surface area contributed by atoms with Gasteiger partial charge in [-0.3, -0.25) is 19.2 Å². The van der Waals surface area contributed by atoms with Crippen molar-refractivity contribution in [3.8, 4) is 0 Å². The van der Waals surface area contributed by atoms with Crippen molar-refractivity contribution in [2.45, 2.75) is 89.8 Å². The van der Waals surface area contributed by atoms with E-state index in [9.17, 15) is 28.8 Å². The third-order valence-electron chi connectivity index (χ3n) is 11.4. The van der Waals surface area contributed by atoms with E-state index in [-0.39, 0.29) is 24.0 Å². The van der Waals surface area contributed by atoms with Crippen molar-refractivity contribution in [2.75, 3.05) is 0 Å². The average molecular weight is 939 g/mol. The molecule has 7 aromatic carbocycles. The molecule has 0 aliphatic heterocycles. The Morgan fingerprint density at radius 1 is 0.400 bits per heavy atom. The van der Waals surface area contributed by atoms with Crippen molar-refractivity contribution in [3.63, 3.8) is 0 Å². The molecule has 0 bridgehead atoms. The Bertz CT molecular complexity index is 2800. The standard InChI is InChI=1S/C58H58N4O8/c1-57(2,3)69-55(67)49(39-23-9-7-10-24-39)61-53(65)47(35-41-29-19-27-37-21-13-15-31-43(37)41)59-51(63)45-33-17-18-34-46(45)52(64)60-48(36-42-30-20-28-38-22-14-16-32-44(38)42)54(66)62-50(40-25-11-8-12-26-40)56(68)70-58(4,5)6/h7-34,47-50H,35-36H2,1-6H3,(H,59,63)(H,60,64)(H,61,65)(H,62,66)/t47-,48-,49-,50-/m0/s1.